The van der Waals surface area contributed by atoms with Gasteiger partial charge in [0.2, 0.25) is 0 Å². The van der Waals surface area contributed by atoms with Crippen molar-refractivity contribution in [2.24, 2.45) is 0 Å². The fourth-order valence-electron chi connectivity index (χ4n) is 2.51. The number of halogens is 1. The van der Waals surface area contributed by atoms with Gasteiger partial charge in [0.1, 0.15) is 5.82 Å². The van der Waals surface area contributed by atoms with E-state index in [0.717, 1.165) is 18.5 Å². The first-order chi connectivity index (χ1) is 9.63. The van der Waals surface area contributed by atoms with Crippen molar-refractivity contribution < 1.29 is 9.18 Å². The number of hydrogen-bond donors (Lipinski definition) is 2. The molecule has 1 amide bonds. The highest BCUT2D eigenvalue weighted by molar-refractivity contribution is 7.80. The summed E-state index contributed by atoms with van der Waals surface area (Å²) in [4.78, 5) is 12.3. The zero-order valence-corrected chi connectivity index (χ0v) is 11.7. The van der Waals surface area contributed by atoms with Crippen LogP contribution in [0.3, 0.4) is 0 Å². The fraction of sp³-hybridized carbons (Fsp3) is 0.188. The molecule has 0 bridgehead atoms. The predicted molar refractivity (Wildman–Crippen MR) is 80.1 cm³/mol. The highest BCUT2D eigenvalue weighted by atomic mass is 32.1. The second kappa shape index (κ2) is 5.29. The van der Waals surface area contributed by atoms with Crippen LogP contribution in [0.1, 0.15) is 27.9 Å². The molecule has 2 nitrogen and oxygen atoms in total. The molecule has 0 aliphatic heterocycles. The van der Waals surface area contributed by atoms with E-state index in [1.807, 2.05) is 12.1 Å². The average Bonchev–Trinajstić information content (AvgIpc) is 2.89. The van der Waals surface area contributed by atoms with Crippen molar-refractivity contribution >= 4 is 24.2 Å². The molecule has 2 aromatic rings. The van der Waals surface area contributed by atoms with Gasteiger partial charge < -0.3 is 5.32 Å². The Morgan fingerprint density at radius 2 is 1.90 bits per heavy atom. The lowest BCUT2D eigenvalue weighted by atomic mass is 10.1. The number of carbonyl (C=O) groups is 1. The minimum Gasteiger partial charge on any atom is -0.322 e. The number of benzene rings is 2. The highest BCUT2D eigenvalue weighted by Crippen LogP contribution is 2.25. The number of amides is 1. The van der Waals surface area contributed by atoms with Gasteiger partial charge in [-0.15, -0.1) is 12.6 Å². The van der Waals surface area contributed by atoms with Crippen LogP contribution < -0.4 is 5.32 Å². The van der Waals surface area contributed by atoms with E-state index in [1.165, 1.54) is 35.7 Å². The number of nitrogens with one attached hydrogen (secondary N) is 1. The molecule has 0 heterocycles. The minimum atomic E-state index is -0.428. The number of carbonyl (C=O) groups excluding carboxylic acids is 1. The maximum atomic E-state index is 13.1. The standard InChI is InChI=1S/C16H14FNOS/c17-14-7-5-12(9-15(14)20)16(19)18-13-6-4-10-2-1-3-11(10)8-13/h4-9,20H,1-3H2,(H,18,19). The molecule has 0 spiro atoms. The van der Waals surface area contributed by atoms with Gasteiger partial charge in [0.05, 0.1) is 0 Å². The Hall–Kier alpha value is -1.81. The van der Waals surface area contributed by atoms with Crippen LogP contribution >= 0.6 is 12.6 Å². The Morgan fingerprint density at radius 1 is 1.10 bits per heavy atom. The number of aryl methyl sites for hydroxylation is 2. The van der Waals surface area contributed by atoms with Gasteiger partial charge in [-0.3, -0.25) is 4.79 Å². The molecule has 0 atom stereocenters. The largest absolute Gasteiger partial charge is 0.322 e. The van der Waals surface area contributed by atoms with Crippen LogP contribution in [0.15, 0.2) is 41.3 Å². The maximum Gasteiger partial charge on any atom is 0.255 e. The lowest BCUT2D eigenvalue weighted by Crippen LogP contribution is -2.12. The molecule has 1 aliphatic rings. The summed E-state index contributed by atoms with van der Waals surface area (Å²) in [5.41, 5.74) is 3.84. The molecule has 20 heavy (non-hydrogen) atoms. The maximum absolute atomic E-state index is 13.1. The topological polar surface area (TPSA) is 29.1 Å². The third kappa shape index (κ3) is 2.56. The molecule has 0 unspecified atom stereocenters. The molecule has 4 heteroatoms. The van der Waals surface area contributed by atoms with Gasteiger partial charge in [0.15, 0.2) is 0 Å². The van der Waals surface area contributed by atoms with Crippen molar-refractivity contribution in [3.05, 3.63) is 58.9 Å². The van der Waals surface area contributed by atoms with Gasteiger partial charge in [-0.2, -0.15) is 0 Å². The summed E-state index contributed by atoms with van der Waals surface area (Å²) in [7, 11) is 0. The molecule has 3 rings (SSSR count). The highest BCUT2D eigenvalue weighted by Gasteiger charge is 2.13. The van der Waals surface area contributed by atoms with E-state index in [0.29, 0.717) is 5.56 Å². The van der Waals surface area contributed by atoms with E-state index in [-0.39, 0.29) is 10.8 Å². The Kier molecular flexibility index (Phi) is 3.49. The Labute approximate surface area is 122 Å². The summed E-state index contributed by atoms with van der Waals surface area (Å²) in [5, 5.41) is 2.84. The molecule has 0 saturated carbocycles. The van der Waals surface area contributed by atoms with E-state index in [4.69, 9.17) is 0 Å². The van der Waals surface area contributed by atoms with E-state index in [1.54, 1.807) is 0 Å². The van der Waals surface area contributed by atoms with Crippen molar-refractivity contribution in [1.82, 2.24) is 0 Å². The first-order valence-corrected chi connectivity index (χ1v) is 7.00. The van der Waals surface area contributed by atoms with Crippen LogP contribution in [0.5, 0.6) is 0 Å². The molecule has 0 saturated heterocycles. The van der Waals surface area contributed by atoms with E-state index < -0.39 is 5.82 Å². The SMILES string of the molecule is O=C(Nc1ccc2c(c1)CCC2)c1ccc(F)c(S)c1. The summed E-state index contributed by atoms with van der Waals surface area (Å²) < 4.78 is 13.1. The smallest absolute Gasteiger partial charge is 0.255 e. The van der Waals surface area contributed by atoms with Gasteiger partial charge in [0.25, 0.3) is 5.91 Å². The molecule has 0 aromatic heterocycles. The third-order valence-corrected chi connectivity index (χ3v) is 3.91. The Balaban J connectivity index is 1.80. The first-order valence-electron chi connectivity index (χ1n) is 6.55. The summed E-state index contributed by atoms with van der Waals surface area (Å²) in [6, 6.07) is 10.1. The van der Waals surface area contributed by atoms with Crippen molar-refractivity contribution in [3.8, 4) is 0 Å². The van der Waals surface area contributed by atoms with Crippen molar-refractivity contribution in [3.63, 3.8) is 0 Å². The van der Waals surface area contributed by atoms with E-state index in [9.17, 15) is 9.18 Å². The Bertz CT molecular complexity index is 684. The molecule has 2 aromatic carbocycles. The zero-order valence-electron chi connectivity index (χ0n) is 10.8. The zero-order chi connectivity index (χ0) is 14.1. The second-order valence-corrected chi connectivity index (χ2v) is 5.44. The molecular formula is C16H14FNOS. The number of thiol groups is 1. The van der Waals surface area contributed by atoms with Crippen LogP contribution in [-0.4, -0.2) is 5.91 Å². The molecule has 1 aliphatic carbocycles. The molecular weight excluding hydrogens is 273 g/mol. The van der Waals surface area contributed by atoms with Crippen LogP contribution in [0.4, 0.5) is 10.1 Å². The number of anilines is 1. The lowest BCUT2D eigenvalue weighted by molar-refractivity contribution is 0.102. The van der Waals surface area contributed by atoms with Crippen molar-refractivity contribution in [1.29, 1.82) is 0 Å². The van der Waals surface area contributed by atoms with Crippen LogP contribution in [0.25, 0.3) is 0 Å². The van der Waals surface area contributed by atoms with Crippen LogP contribution in [-0.2, 0) is 12.8 Å². The number of rotatable bonds is 2. The molecule has 0 fully saturated rings. The minimum absolute atomic E-state index is 0.173. The fourth-order valence-corrected chi connectivity index (χ4v) is 2.72. The van der Waals surface area contributed by atoms with Crippen molar-refractivity contribution in [2.45, 2.75) is 24.2 Å². The van der Waals surface area contributed by atoms with Gasteiger partial charge in [-0.25, -0.2) is 4.39 Å². The first kappa shape index (κ1) is 13.2. The quantitative estimate of drug-likeness (QED) is 0.807. The summed E-state index contributed by atoms with van der Waals surface area (Å²) in [5.74, 6) is -0.680. The molecule has 102 valence electrons. The van der Waals surface area contributed by atoms with Gasteiger partial charge in [-0.1, -0.05) is 6.07 Å². The lowest BCUT2D eigenvalue weighted by Gasteiger charge is -2.08. The normalized spacial score (nSPS) is 13.1. The van der Waals surface area contributed by atoms with Gasteiger partial charge in [-0.05, 0) is 60.7 Å². The summed E-state index contributed by atoms with van der Waals surface area (Å²) >= 11 is 3.99. The summed E-state index contributed by atoms with van der Waals surface area (Å²) in [6.07, 6.45) is 3.36. The summed E-state index contributed by atoms with van der Waals surface area (Å²) in [6.45, 7) is 0. The average molecular weight is 287 g/mol. The monoisotopic (exact) mass is 287 g/mol. The second-order valence-electron chi connectivity index (χ2n) is 4.96. The third-order valence-electron chi connectivity index (χ3n) is 3.56. The van der Waals surface area contributed by atoms with Gasteiger partial charge >= 0.3 is 0 Å². The van der Waals surface area contributed by atoms with Crippen molar-refractivity contribution in [2.75, 3.05) is 5.32 Å². The van der Waals surface area contributed by atoms with E-state index in [2.05, 4.69) is 24.0 Å². The predicted octanol–water partition coefficient (Wildman–Crippen LogP) is 3.86. The molecule has 0 radical (unpaired) electrons. The Morgan fingerprint density at radius 3 is 2.70 bits per heavy atom. The van der Waals surface area contributed by atoms with E-state index >= 15 is 0 Å². The molecule has 1 N–H and O–H groups in total. The number of fused-ring (bicyclic) bond motifs is 1. The van der Waals surface area contributed by atoms with Crippen LogP contribution in [0, 0.1) is 5.82 Å². The van der Waals surface area contributed by atoms with Gasteiger partial charge in [0, 0.05) is 16.1 Å². The number of hydrogen-bond acceptors (Lipinski definition) is 2. The van der Waals surface area contributed by atoms with Crippen LogP contribution in [0.2, 0.25) is 0 Å².